The number of hydrogen-bond donors (Lipinski definition) is 0. The van der Waals surface area contributed by atoms with Gasteiger partial charge in [-0.15, -0.1) is 13.2 Å². The number of ether oxygens (including phenoxy) is 2. The molecular formula is C22H23F3N2O6S. The number of amides is 1. The standard InChI is InChI=1S/C22H23F3N2O6S/c1-34(30,31)19-6-4-14(5-7-19)26-9-8-17(12-20(26)28)33-18-10-15-2-3-16(11-18)27(15)21(29)13-32-22(23,24)25/h4-9,12,15-16,18H,2-3,10-11,13H2,1H3/t15-,16-/m1/s1. The number of carbonyl (C=O) groups excluding carboxylic acids is 1. The first-order valence-electron chi connectivity index (χ1n) is 10.6. The first-order valence-corrected chi connectivity index (χ1v) is 12.5. The van der Waals surface area contributed by atoms with E-state index in [0.717, 1.165) is 6.26 Å². The lowest BCUT2D eigenvalue weighted by atomic mass is 9.99. The highest BCUT2D eigenvalue weighted by Gasteiger charge is 2.44. The molecule has 0 unspecified atom stereocenters. The summed E-state index contributed by atoms with van der Waals surface area (Å²) in [6.45, 7) is -1.04. The van der Waals surface area contributed by atoms with E-state index in [0.29, 0.717) is 37.1 Å². The molecule has 184 valence electrons. The summed E-state index contributed by atoms with van der Waals surface area (Å²) < 4.78 is 71.0. The number of carbonyl (C=O) groups is 1. The smallest absolute Gasteiger partial charge is 0.490 e. The zero-order valence-corrected chi connectivity index (χ0v) is 19.0. The zero-order chi connectivity index (χ0) is 24.7. The van der Waals surface area contributed by atoms with Crippen LogP contribution < -0.4 is 10.3 Å². The van der Waals surface area contributed by atoms with Crippen LogP contribution in [0.15, 0.2) is 52.3 Å². The van der Waals surface area contributed by atoms with Crippen molar-refractivity contribution in [3.05, 3.63) is 52.9 Å². The molecule has 1 aromatic heterocycles. The number of pyridine rings is 1. The van der Waals surface area contributed by atoms with Crippen molar-refractivity contribution in [1.29, 1.82) is 0 Å². The summed E-state index contributed by atoms with van der Waals surface area (Å²) in [6, 6.07) is 8.38. The Bertz CT molecular complexity index is 1210. The molecule has 2 fully saturated rings. The number of rotatable bonds is 6. The molecule has 12 heteroatoms. The Labute approximate surface area is 193 Å². The number of benzene rings is 1. The van der Waals surface area contributed by atoms with Crippen LogP contribution in [-0.2, 0) is 19.4 Å². The molecular weight excluding hydrogens is 477 g/mol. The molecule has 1 amide bonds. The Morgan fingerprint density at radius 2 is 1.71 bits per heavy atom. The van der Waals surface area contributed by atoms with Crippen molar-refractivity contribution in [1.82, 2.24) is 9.47 Å². The highest BCUT2D eigenvalue weighted by molar-refractivity contribution is 7.90. The minimum Gasteiger partial charge on any atom is -0.490 e. The summed E-state index contributed by atoms with van der Waals surface area (Å²) in [7, 11) is -3.35. The van der Waals surface area contributed by atoms with E-state index in [1.54, 1.807) is 6.07 Å². The fourth-order valence-electron chi connectivity index (χ4n) is 4.64. The van der Waals surface area contributed by atoms with Crippen molar-refractivity contribution in [3.63, 3.8) is 0 Å². The lowest BCUT2D eigenvalue weighted by Gasteiger charge is -2.38. The molecule has 3 heterocycles. The molecule has 2 aromatic rings. The quantitative estimate of drug-likeness (QED) is 0.606. The Hall–Kier alpha value is -2.86. The minimum absolute atomic E-state index is 0.147. The van der Waals surface area contributed by atoms with Gasteiger partial charge < -0.3 is 9.64 Å². The second kappa shape index (κ2) is 9.06. The van der Waals surface area contributed by atoms with Crippen molar-refractivity contribution in [3.8, 4) is 11.4 Å². The minimum atomic E-state index is -4.86. The Balaban J connectivity index is 1.40. The van der Waals surface area contributed by atoms with E-state index >= 15 is 0 Å². The average Bonchev–Trinajstić information content (AvgIpc) is 3.02. The predicted octanol–water partition coefficient (Wildman–Crippen LogP) is 2.68. The fraction of sp³-hybridized carbons (Fsp3) is 0.455. The molecule has 2 saturated heterocycles. The maximum absolute atomic E-state index is 12.6. The molecule has 2 atom stereocenters. The maximum atomic E-state index is 12.6. The third-order valence-electron chi connectivity index (χ3n) is 6.07. The van der Waals surface area contributed by atoms with Gasteiger partial charge in [-0.25, -0.2) is 8.42 Å². The van der Waals surface area contributed by atoms with Gasteiger partial charge in [-0.1, -0.05) is 0 Å². The number of sulfone groups is 1. The van der Waals surface area contributed by atoms with Crippen molar-refractivity contribution in [2.45, 2.75) is 55.1 Å². The monoisotopic (exact) mass is 500 g/mol. The number of aromatic nitrogens is 1. The third-order valence-corrected chi connectivity index (χ3v) is 7.20. The summed E-state index contributed by atoms with van der Waals surface area (Å²) in [5.74, 6) is -0.341. The van der Waals surface area contributed by atoms with Gasteiger partial charge in [0.15, 0.2) is 9.84 Å². The molecule has 2 bridgehead atoms. The Morgan fingerprint density at radius 3 is 2.24 bits per heavy atom. The summed E-state index contributed by atoms with van der Waals surface area (Å²) in [5.41, 5.74) is 0.124. The SMILES string of the molecule is CS(=O)(=O)c1ccc(-n2ccc(OC3C[C@H]4CC[C@H](C3)N4C(=O)COC(F)(F)F)cc2=O)cc1. The van der Waals surface area contributed by atoms with Gasteiger partial charge in [0.1, 0.15) is 18.5 Å². The van der Waals surface area contributed by atoms with Crippen molar-refractivity contribution < 1.29 is 35.9 Å². The second-order valence-corrected chi connectivity index (χ2v) is 10.5. The fourth-order valence-corrected chi connectivity index (χ4v) is 5.27. The average molecular weight is 500 g/mol. The van der Waals surface area contributed by atoms with Gasteiger partial charge in [-0.2, -0.15) is 0 Å². The van der Waals surface area contributed by atoms with Crippen LogP contribution in [0.2, 0.25) is 0 Å². The van der Waals surface area contributed by atoms with Crippen LogP contribution in [0, 0.1) is 0 Å². The van der Waals surface area contributed by atoms with E-state index in [2.05, 4.69) is 4.74 Å². The van der Waals surface area contributed by atoms with Gasteiger partial charge in [0.2, 0.25) is 5.91 Å². The Morgan fingerprint density at radius 1 is 1.09 bits per heavy atom. The van der Waals surface area contributed by atoms with Gasteiger partial charge in [0.25, 0.3) is 5.56 Å². The topological polar surface area (TPSA) is 94.9 Å². The van der Waals surface area contributed by atoms with E-state index in [-0.39, 0.29) is 28.6 Å². The molecule has 2 aliphatic rings. The van der Waals surface area contributed by atoms with Gasteiger partial charge >= 0.3 is 6.36 Å². The summed E-state index contributed by atoms with van der Waals surface area (Å²) in [5, 5.41) is 0. The molecule has 0 spiro atoms. The van der Waals surface area contributed by atoms with E-state index in [9.17, 15) is 31.2 Å². The molecule has 0 aliphatic carbocycles. The van der Waals surface area contributed by atoms with Gasteiger partial charge in [0, 0.05) is 49.1 Å². The van der Waals surface area contributed by atoms with Crippen LogP contribution in [-0.4, -0.2) is 61.2 Å². The molecule has 4 rings (SSSR count). The van der Waals surface area contributed by atoms with E-state index < -0.39 is 28.7 Å². The summed E-state index contributed by atoms with van der Waals surface area (Å²) in [6.07, 6.45) is -0.270. The lowest BCUT2D eigenvalue weighted by Crippen LogP contribution is -2.50. The third kappa shape index (κ3) is 5.44. The van der Waals surface area contributed by atoms with Crippen LogP contribution in [0.5, 0.6) is 5.75 Å². The summed E-state index contributed by atoms with van der Waals surface area (Å²) in [4.78, 5) is 26.5. The van der Waals surface area contributed by atoms with Crippen LogP contribution in [0.4, 0.5) is 13.2 Å². The van der Waals surface area contributed by atoms with Crippen LogP contribution in [0.1, 0.15) is 25.7 Å². The van der Waals surface area contributed by atoms with Crippen molar-refractivity contribution >= 4 is 15.7 Å². The van der Waals surface area contributed by atoms with Gasteiger partial charge in [-0.05, 0) is 43.2 Å². The maximum Gasteiger partial charge on any atom is 0.523 e. The molecule has 8 nitrogen and oxygen atoms in total. The molecule has 0 radical (unpaired) electrons. The highest BCUT2D eigenvalue weighted by atomic mass is 32.2. The zero-order valence-electron chi connectivity index (χ0n) is 18.2. The number of fused-ring (bicyclic) bond motifs is 2. The molecule has 0 saturated carbocycles. The Kier molecular flexibility index (Phi) is 6.47. The van der Waals surface area contributed by atoms with E-state index in [4.69, 9.17) is 4.74 Å². The van der Waals surface area contributed by atoms with Crippen LogP contribution in [0.25, 0.3) is 5.69 Å². The normalized spacial score (nSPS) is 22.6. The molecule has 1 aromatic carbocycles. The number of piperidine rings is 1. The van der Waals surface area contributed by atoms with E-state index in [1.165, 1.54) is 46.0 Å². The number of alkyl halides is 3. The van der Waals surface area contributed by atoms with E-state index in [1.807, 2.05) is 0 Å². The predicted molar refractivity (Wildman–Crippen MR) is 114 cm³/mol. The number of halogens is 3. The summed E-state index contributed by atoms with van der Waals surface area (Å²) >= 11 is 0. The lowest BCUT2D eigenvalue weighted by molar-refractivity contribution is -0.322. The van der Waals surface area contributed by atoms with Gasteiger partial charge in [0.05, 0.1) is 4.90 Å². The number of hydrogen-bond acceptors (Lipinski definition) is 6. The highest BCUT2D eigenvalue weighted by Crippen LogP contribution is 2.37. The first kappa shape index (κ1) is 24.3. The van der Waals surface area contributed by atoms with Crippen LogP contribution in [0.3, 0.4) is 0 Å². The van der Waals surface area contributed by atoms with Crippen molar-refractivity contribution in [2.24, 2.45) is 0 Å². The van der Waals surface area contributed by atoms with Crippen molar-refractivity contribution in [2.75, 3.05) is 12.9 Å². The van der Waals surface area contributed by atoms with Gasteiger partial charge in [-0.3, -0.25) is 18.9 Å². The largest absolute Gasteiger partial charge is 0.523 e. The molecule has 0 N–H and O–H groups in total. The molecule has 34 heavy (non-hydrogen) atoms. The first-order chi connectivity index (χ1) is 15.9. The van der Waals surface area contributed by atoms with Crippen LogP contribution >= 0.6 is 0 Å². The number of nitrogens with zero attached hydrogens (tertiary/aromatic N) is 2. The second-order valence-electron chi connectivity index (χ2n) is 8.47. The molecule has 2 aliphatic heterocycles.